The van der Waals surface area contributed by atoms with Crippen molar-refractivity contribution in [3.05, 3.63) is 35.9 Å². The number of aromatic nitrogens is 4. The fourth-order valence-corrected chi connectivity index (χ4v) is 3.48. The first-order valence-corrected chi connectivity index (χ1v) is 10.3. The number of carboxylic acids is 1. The third kappa shape index (κ3) is 7.63. The second-order valence-electron chi connectivity index (χ2n) is 7.03. The minimum absolute atomic E-state index is 0. The Morgan fingerprint density at radius 2 is 1.12 bits per heavy atom. The molecule has 4 aromatic rings. The number of hydrogen-bond donors (Lipinski definition) is 3. The molecule has 0 aliphatic carbocycles. The fourth-order valence-electron chi connectivity index (χ4n) is 3.48. The van der Waals surface area contributed by atoms with Gasteiger partial charge in [0.1, 0.15) is 22.5 Å². The molecule has 0 unspecified atom stereocenters. The minimum Gasteiger partial charge on any atom is -0.870 e. The number of rotatable bonds is 8. The van der Waals surface area contributed by atoms with Crippen LogP contribution < -0.4 is 48.5 Å². The first kappa shape index (κ1) is 39.2. The van der Waals surface area contributed by atoms with Crippen molar-refractivity contribution in [2.24, 2.45) is 0 Å². The second kappa shape index (κ2) is 17.0. The number of Topliss-reactive ketones (excluding diaryl/α,β-unsaturated/α-hetero) is 2. The number of halogens is 1. The molecule has 4 heterocycles. The van der Waals surface area contributed by atoms with Crippen LogP contribution in [0.15, 0.2) is 24.8 Å². The van der Waals surface area contributed by atoms with Gasteiger partial charge in [-0.3, -0.25) is 9.59 Å². The van der Waals surface area contributed by atoms with Crippen LogP contribution in [0.3, 0.4) is 0 Å². The van der Waals surface area contributed by atoms with E-state index < -0.39 is 23.5 Å². The van der Waals surface area contributed by atoms with E-state index in [1.165, 1.54) is 53.2 Å². The zero-order chi connectivity index (χ0) is 27.3. The minimum atomic E-state index is -1.53. The molecule has 4 rings (SSSR count). The summed E-state index contributed by atoms with van der Waals surface area (Å²) in [6, 6.07) is 0. The molecule has 0 aliphatic heterocycles. The van der Waals surface area contributed by atoms with Crippen LogP contribution >= 0.6 is 12.4 Å². The number of ketones is 2. The summed E-state index contributed by atoms with van der Waals surface area (Å²) in [6.45, 7) is 0. The summed E-state index contributed by atoms with van der Waals surface area (Å²) in [5.41, 5.74) is 1.06. The van der Waals surface area contributed by atoms with Crippen molar-refractivity contribution in [3.63, 3.8) is 0 Å². The number of aliphatic carboxylic acids is 1. The van der Waals surface area contributed by atoms with Crippen LogP contribution in [0.1, 0.15) is 20.7 Å². The monoisotopic (exact) mass is 608 g/mol. The number of pyridine rings is 2. The number of ether oxygens (including phenoxy) is 5. The summed E-state index contributed by atoms with van der Waals surface area (Å²) in [5.74, 6) is -3.03. The molecular formula is C23H26ClN4NaO12. The van der Waals surface area contributed by atoms with E-state index in [1.807, 2.05) is 0 Å². The molecule has 6 N–H and O–H groups in total. The van der Waals surface area contributed by atoms with Crippen molar-refractivity contribution >= 4 is 57.7 Å². The Kier molecular flexibility index (Phi) is 16.3. The molecule has 18 heteroatoms. The van der Waals surface area contributed by atoms with Crippen LogP contribution in [-0.2, 0) is 14.3 Å². The normalized spacial score (nSPS) is 9.29. The average molecular weight is 609 g/mol. The Bertz CT molecular complexity index is 1520. The third-order valence-electron chi connectivity index (χ3n) is 5.16. The van der Waals surface area contributed by atoms with Crippen LogP contribution in [0.5, 0.6) is 23.3 Å². The van der Waals surface area contributed by atoms with E-state index in [2.05, 4.69) is 24.7 Å². The van der Waals surface area contributed by atoms with Gasteiger partial charge in [0.05, 0.1) is 69.8 Å². The second-order valence-corrected chi connectivity index (χ2v) is 7.03. The van der Waals surface area contributed by atoms with Gasteiger partial charge in [0.25, 0.3) is 11.6 Å². The fraction of sp³-hybridized carbons (Fsp3) is 0.217. The number of carbonyl (C=O) groups is 4. The Labute approximate surface area is 260 Å². The van der Waals surface area contributed by atoms with Gasteiger partial charge in [-0.1, -0.05) is 0 Å². The van der Waals surface area contributed by atoms with Crippen LogP contribution in [0.4, 0.5) is 0 Å². The SMILES string of the molecule is COC(=O)C(=O)c1c[nH]c2c(OC)ncc(OC)c12.COc1ncc(OC)c2c(C(=O)C(=O)O)c[nH]c12.Cl.O.[Na+].[OH-]. The number of hydrogen-bond acceptors (Lipinski definition) is 12. The largest absolute Gasteiger partial charge is 1.00 e. The van der Waals surface area contributed by atoms with Crippen molar-refractivity contribution in [1.82, 2.24) is 19.9 Å². The smallest absolute Gasteiger partial charge is 0.870 e. The summed E-state index contributed by atoms with van der Waals surface area (Å²) >= 11 is 0. The predicted octanol–water partition coefficient (Wildman–Crippen LogP) is -1.79. The Hall–Kier alpha value is -3.93. The molecule has 41 heavy (non-hydrogen) atoms. The van der Waals surface area contributed by atoms with Gasteiger partial charge in [-0.2, -0.15) is 0 Å². The zero-order valence-electron chi connectivity index (χ0n) is 22.7. The summed E-state index contributed by atoms with van der Waals surface area (Å²) in [4.78, 5) is 59.2. The summed E-state index contributed by atoms with van der Waals surface area (Å²) in [6.07, 6.45) is 5.49. The maximum Gasteiger partial charge on any atom is 1.00 e. The summed E-state index contributed by atoms with van der Waals surface area (Å²) in [7, 11) is 6.88. The van der Waals surface area contributed by atoms with E-state index in [0.717, 1.165) is 7.11 Å². The molecule has 0 amide bonds. The predicted molar refractivity (Wildman–Crippen MR) is 140 cm³/mol. The first-order valence-electron chi connectivity index (χ1n) is 10.3. The quantitative estimate of drug-likeness (QED) is 0.0865. The molecule has 0 spiro atoms. The number of esters is 1. The number of carbonyl (C=O) groups excluding carboxylic acids is 3. The molecular weight excluding hydrogens is 583 g/mol. The van der Waals surface area contributed by atoms with E-state index in [0.29, 0.717) is 39.2 Å². The van der Waals surface area contributed by atoms with E-state index in [1.54, 1.807) is 0 Å². The standard InChI is InChI=1S/C12H12N2O5.C11H10N2O5.ClH.Na.2H2O/c1-17-7-5-14-11(18-2)9-8(7)6(4-13-9)10(15)12(16)19-3;1-17-6-4-13-10(18-2)8-7(6)5(3-12-8)9(14)11(15)16;;;;/h4-5,13H,1-3H3;3-4,12H,1-2H3,(H,15,16);1H;;2*1H2/q;;;+1;;/p-1. The number of H-pyrrole nitrogens is 2. The van der Waals surface area contributed by atoms with Crippen LogP contribution in [0.25, 0.3) is 21.8 Å². The van der Waals surface area contributed by atoms with Crippen molar-refractivity contribution < 1.29 is 88.5 Å². The van der Waals surface area contributed by atoms with E-state index in [9.17, 15) is 19.2 Å². The Balaban J connectivity index is 0. The van der Waals surface area contributed by atoms with Gasteiger partial charge in [-0.25, -0.2) is 19.6 Å². The molecule has 0 aliphatic rings. The maximum absolute atomic E-state index is 11.9. The van der Waals surface area contributed by atoms with Gasteiger partial charge in [-0.05, 0) is 0 Å². The van der Waals surface area contributed by atoms with Crippen molar-refractivity contribution in [2.45, 2.75) is 0 Å². The molecule has 4 aromatic heterocycles. The van der Waals surface area contributed by atoms with E-state index in [-0.39, 0.29) is 69.9 Å². The van der Waals surface area contributed by atoms with Crippen molar-refractivity contribution in [2.75, 3.05) is 35.5 Å². The average Bonchev–Trinajstić information content (AvgIpc) is 3.56. The molecule has 0 atom stereocenters. The zero-order valence-corrected chi connectivity index (χ0v) is 25.5. The molecule has 0 bridgehead atoms. The van der Waals surface area contributed by atoms with Crippen LogP contribution in [0.2, 0.25) is 0 Å². The number of nitrogens with one attached hydrogen (secondary N) is 2. The number of methoxy groups -OCH3 is 5. The van der Waals surface area contributed by atoms with Gasteiger partial charge in [0.15, 0.2) is 0 Å². The van der Waals surface area contributed by atoms with Gasteiger partial charge >= 0.3 is 41.5 Å². The summed E-state index contributed by atoms with van der Waals surface area (Å²) < 4.78 is 24.7. The third-order valence-corrected chi connectivity index (χ3v) is 5.16. The van der Waals surface area contributed by atoms with E-state index in [4.69, 9.17) is 24.1 Å². The molecule has 0 radical (unpaired) electrons. The molecule has 0 saturated heterocycles. The first-order chi connectivity index (χ1) is 17.7. The maximum atomic E-state index is 11.9. The molecule has 0 aromatic carbocycles. The number of nitrogens with zero attached hydrogens (tertiary/aromatic N) is 2. The molecule has 16 nitrogen and oxygen atoms in total. The van der Waals surface area contributed by atoms with Crippen LogP contribution in [-0.4, -0.2) is 95.0 Å². The van der Waals surface area contributed by atoms with Gasteiger partial charge in [-0.15, -0.1) is 12.4 Å². The topological polar surface area (TPSA) is 254 Å². The number of aromatic amines is 2. The number of carboxylic acid groups (broad SMARTS) is 1. The van der Waals surface area contributed by atoms with Crippen molar-refractivity contribution in [1.29, 1.82) is 0 Å². The number of fused-ring (bicyclic) bond motifs is 2. The van der Waals surface area contributed by atoms with Crippen molar-refractivity contribution in [3.8, 4) is 23.3 Å². The van der Waals surface area contributed by atoms with Crippen LogP contribution in [0, 0.1) is 0 Å². The van der Waals surface area contributed by atoms with E-state index >= 15 is 0 Å². The molecule has 0 fully saturated rings. The van der Waals surface area contributed by atoms with Gasteiger partial charge in [0, 0.05) is 12.4 Å². The Morgan fingerprint density at radius 3 is 1.44 bits per heavy atom. The molecule has 218 valence electrons. The molecule has 0 saturated carbocycles. The van der Waals surface area contributed by atoms with Gasteiger partial charge < -0.3 is 49.7 Å². The summed E-state index contributed by atoms with van der Waals surface area (Å²) in [5, 5.41) is 9.53. The van der Waals surface area contributed by atoms with Gasteiger partial charge in [0.2, 0.25) is 11.8 Å². The Morgan fingerprint density at radius 1 is 0.732 bits per heavy atom.